The van der Waals surface area contributed by atoms with Crippen LogP contribution < -0.4 is 16.2 Å². The minimum atomic E-state index is 0.288. The van der Waals surface area contributed by atoms with Gasteiger partial charge in [0, 0.05) is 12.1 Å². The van der Waals surface area contributed by atoms with Crippen LogP contribution in [0.1, 0.15) is 31.0 Å². The summed E-state index contributed by atoms with van der Waals surface area (Å²) in [6.45, 7) is 4.47. The summed E-state index contributed by atoms with van der Waals surface area (Å²) in [5.74, 6) is 0.862. The van der Waals surface area contributed by atoms with Crippen molar-refractivity contribution in [2.45, 2.75) is 26.3 Å². The molecule has 14 heavy (non-hydrogen) atoms. The van der Waals surface area contributed by atoms with E-state index in [4.69, 9.17) is 16.2 Å². The van der Waals surface area contributed by atoms with Gasteiger partial charge in [-0.25, -0.2) is 4.98 Å². The molecular formula is C10H17N3O. The third-order valence-corrected chi connectivity index (χ3v) is 2.08. The standard InChI is InChI=1S/C10H17N3O/c1-6(2)9-8(12)4-7(5-11)10(13-9)14-3/h4,6H,5,11-12H2,1-3H3. The quantitative estimate of drug-likeness (QED) is 0.761. The topological polar surface area (TPSA) is 74.2 Å². The molecule has 0 unspecified atom stereocenters. The molecule has 0 aliphatic rings. The number of nitrogen functional groups attached to an aromatic ring is 1. The zero-order valence-corrected chi connectivity index (χ0v) is 8.87. The van der Waals surface area contributed by atoms with Gasteiger partial charge >= 0.3 is 0 Å². The van der Waals surface area contributed by atoms with Gasteiger partial charge in [0.15, 0.2) is 0 Å². The second-order valence-electron chi connectivity index (χ2n) is 3.49. The number of hydrogen-bond donors (Lipinski definition) is 2. The Hall–Kier alpha value is -1.29. The molecule has 0 saturated carbocycles. The monoisotopic (exact) mass is 195 g/mol. The summed E-state index contributed by atoms with van der Waals surface area (Å²) in [6.07, 6.45) is 0. The number of anilines is 1. The van der Waals surface area contributed by atoms with E-state index >= 15 is 0 Å². The maximum absolute atomic E-state index is 5.85. The van der Waals surface area contributed by atoms with E-state index in [0.717, 1.165) is 11.3 Å². The lowest BCUT2D eigenvalue weighted by Crippen LogP contribution is -2.07. The van der Waals surface area contributed by atoms with Crippen LogP contribution in [-0.2, 0) is 6.54 Å². The fourth-order valence-corrected chi connectivity index (χ4v) is 1.35. The molecule has 4 heteroatoms. The maximum atomic E-state index is 5.85. The van der Waals surface area contributed by atoms with Crippen LogP contribution in [-0.4, -0.2) is 12.1 Å². The molecule has 0 amide bonds. The van der Waals surface area contributed by atoms with E-state index in [0.29, 0.717) is 18.1 Å². The average molecular weight is 195 g/mol. The van der Waals surface area contributed by atoms with Gasteiger partial charge in [-0.3, -0.25) is 0 Å². The lowest BCUT2D eigenvalue weighted by molar-refractivity contribution is 0.390. The minimum Gasteiger partial charge on any atom is -0.481 e. The highest BCUT2D eigenvalue weighted by Gasteiger charge is 2.11. The molecule has 1 aromatic heterocycles. The summed E-state index contributed by atoms with van der Waals surface area (Å²) in [5.41, 5.74) is 13.8. The summed E-state index contributed by atoms with van der Waals surface area (Å²) in [7, 11) is 1.59. The molecule has 1 aromatic rings. The molecule has 0 saturated heterocycles. The van der Waals surface area contributed by atoms with Crippen LogP contribution in [0.3, 0.4) is 0 Å². The van der Waals surface area contributed by atoms with Crippen LogP contribution in [0.4, 0.5) is 5.69 Å². The molecule has 0 fully saturated rings. The predicted octanol–water partition coefficient (Wildman–Crippen LogP) is 1.25. The molecule has 78 valence electrons. The molecule has 0 bridgehead atoms. The smallest absolute Gasteiger partial charge is 0.217 e. The van der Waals surface area contributed by atoms with E-state index in [1.54, 1.807) is 7.11 Å². The summed E-state index contributed by atoms with van der Waals surface area (Å²) in [4.78, 5) is 4.33. The lowest BCUT2D eigenvalue weighted by Gasteiger charge is -2.13. The van der Waals surface area contributed by atoms with Crippen LogP contribution in [0.25, 0.3) is 0 Å². The van der Waals surface area contributed by atoms with Crippen molar-refractivity contribution in [3.05, 3.63) is 17.3 Å². The van der Waals surface area contributed by atoms with Gasteiger partial charge in [0.1, 0.15) is 0 Å². The Morgan fingerprint density at radius 1 is 1.50 bits per heavy atom. The first-order valence-corrected chi connectivity index (χ1v) is 4.63. The molecule has 0 aliphatic carbocycles. The highest BCUT2D eigenvalue weighted by atomic mass is 16.5. The van der Waals surface area contributed by atoms with Crippen LogP contribution in [0.15, 0.2) is 6.07 Å². The van der Waals surface area contributed by atoms with Crippen LogP contribution in [0.5, 0.6) is 5.88 Å². The van der Waals surface area contributed by atoms with Gasteiger partial charge in [0.05, 0.1) is 18.5 Å². The van der Waals surface area contributed by atoms with E-state index in [1.165, 1.54) is 0 Å². The third-order valence-electron chi connectivity index (χ3n) is 2.08. The molecule has 0 spiro atoms. The van der Waals surface area contributed by atoms with E-state index in [2.05, 4.69) is 4.98 Å². The summed E-state index contributed by atoms with van der Waals surface area (Å²) >= 11 is 0. The number of pyridine rings is 1. The SMILES string of the molecule is COc1nc(C(C)C)c(N)cc1CN. The fraction of sp³-hybridized carbons (Fsp3) is 0.500. The zero-order valence-electron chi connectivity index (χ0n) is 8.87. The van der Waals surface area contributed by atoms with Gasteiger partial charge in [-0.2, -0.15) is 0 Å². The maximum Gasteiger partial charge on any atom is 0.217 e. The minimum absolute atomic E-state index is 0.288. The van der Waals surface area contributed by atoms with Gasteiger partial charge in [0.2, 0.25) is 5.88 Å². The van der Waals surface area contributed by atoms with Crippen molar-refractivity contribution < 1.29 is 4.74 Å². The summed E-state index contributed by atoms with van der Waals surface area (Å²) in [5, 5.41) is 0. The number of hydrogen-bond acceptors (Lipinski definition) is 4. The first kappa shape index (κ1) is 10.8. The lowest BCUT2D eigenvalue weighted by atomic mass is 10.1. The van der Waals surface area contributed by atoms with Gasteiger partial charge in [-0.05, 0) is 12.0 Å². The molecule has 0 atom stereocenters. The van der Waals surface area contributed by atoms with Gasteiger partial charge in [-0.15, -0.1) is 0 Å². The number of ether oxygens (including phenoxy) is 1. The molecule has 0 radical (unpaired) electrons. The van der Waals surface area contributed by atoms with E-state index in [9.17, 15) is 0 Å². The number of aromatic nitrogens is 1. The van der Waals surface area contributed by atoms with Crippen molar-refractivity contribution >= 4 is 5.69 Å². The number of methoxy groups -OCH3 is 1. The second kappa shape index (κ2) is 4.28. The first-order valence-electron chi connectivity index (χ1n) is 4.63. The van der Waals surface area contributed by atoms with Gasteiger partial charge in [-0.1, -0.05) is 13.8 Å². The van der Waals surface area contributed by atoms with Gasteiger partial charge < -0.3 is 16.2 Å². The number of rotatable bonds is 3. The van der Waals surface area contributed by atoms with Crippen molar-refractivity contribution in [3.8, 4) is 5.88 Å². The Morgan fingerprint density at radius 2 is 2.14 bits per heavy atom. The van der Waals surface area contributed by atoms with E-state index in [1.807, 2.05) is 19.9 Å². The molecule has 0 aliphatic heterocycles. The Kier molecular flexibility index (Phi) is 3.30. The number of nitrogens with two attached hydrogens (primary N) is 2. The summed E-state index contributed by atoms with van der Waals surface area (Å²) in [6, 6.07) is 1.83. The largest absolute Gasteiger partial charge is 0.481 e. The highest BCUT2D eigenvalue weighted by molar-refractivity contribution is 5.50. The number of nitrogens with zero attached hydrogens (tertiary/aromatic N) is 1. The van der Waals surface area contributed by atoms with Crippen LogP contribution >= 0.6 is 0 Å². The molecular weight excluding hydrogens is 178 g/mol. The second-order valence-corrected chi connectivity index (χ2v) is 3.49. The average Bonchev–Trinajstić information content (AvgIpc) is 2.16. The molecule has 0 aromatic carbocycles. The highest BCUT2D eigenvalue weighted by Crippen LogP contribution is 2.25. The first-order chi connectivity index (χ1) is 6.60. The molecule has 4 N–H and O–H groups in total. The Bertz CT molecular complexity index is 323. The molecule has 1 rings (SSSR count). The van der Waals surface area contributed by atoms with Crippen molar-refractivity contribution in [1.82, 2.24) is 4.98 Å². The Balaban J connectivity index is 3.23. The molecule has 4 nitrogen and oxygen atoms in total. The van der Waals surface area contributed by atoms with E-state index < -0.39 is 0 Å². The van der Waals surface area contributed by atoms with Crippen molar-refractivity contribution in [3.63, 3.8) is 0 Å². The third kappa shape index (κ3) is 1.96. The van der Waals surface area contributed by atoms with Crippen molar-refractivity contribution in [2.24, 2.45) is 5.73 Å². The summed E-state index contributed by atoms with van der Waals surface area (Å²) < 4.78 is 5.14. The Labute approximate surface area is 84.3 Å². The van der Waals surface area contributed by atoms with Crippen LogP contribution in [0, 0.1) is 0 Å². The van der Waals surface area contributed by atoms with E-state index in [-0.39, 0.29) is 5.92 Å². The van der Waals surface area contributed by atoms with Crippen molar-refractivity contribution in [1.29, 1.82) is 0 Å². The zero-order chi connectivity index (χ0) is 10.7. The Morgan fingerprint density at radius 3 is 2.57 bits per heavy atom. The fourth-order valence-electron chi connectivity index (χ4n) is 1.35. The van der Waals surface area contributed by atoms with Gasteiger partial charge in [0.25, 0.3) is 0 Å². The normalized spacial score (nSPS) is 10.6. The predicted molar refractivity (Wildman–Crippen MR) is 57.2 cm³/mol. The van der Waals surface area contributed by atoms with Crippen molar-refractivity contribution in [2.75, 3.05) is 12.8 Å². The van der Waals surface area contributed by atoms with Crippen LogP contribution in [0.2, 0.25) is 0 Å². The molecule has 1 heterocycles.